The Kier molecular flexibility index (Phi) is 9.02. The zero-order valence-corrected chi connectivity index (χ0v) is 15.5. The predicted octanol–water partition coefficient (Wildman–Crippen LogP) is 2.51. The van der Waals surface area contributed by atoms with Gasteiger partial charge in [0.2, 0.25) is 5.91 Å². The highest BCUT2D eigenvalue weighted by Gasteiger charge is 2.16. The highest BCUT2D eigenvalue weighted by Crippen LogP contribution is 2.13. The Morgan fingerprint density at radius 1 is 1.36 bits per heavy atom. The SMILES string of the molecule is CCN(CCC(=O)N1CCNCC1)Cc1cccc(Br)c1.Cl. The molecule has 1 heterocycles. The molecular weight excluding hydrogens is 366 g/mol. The van der Waals surface area contributed by atoms with E-state index >= 15 is 0 Å². The van der Waals surface area contributed by atoms with Crippen LogP contribution in [0.3, 0.4) is 0 Å². The van der Waals surface area contributed by atoms with Crippen LogP contribution in [0.2, 0.25) is 0 Å². The summed E-state index contributed by atoms with van der Waals surface area (Å²) < 4.78 is 1.10. The van der Waals surface area contributed by atoms with E-state index in [1.165, 1.54) is 5.56 Å². The Bertz CT molecular complexity index is 466. The van der Waals surface area contributed by atoms with Gasteiger partial charge in [0.05, 0.1) is 0 Å². The van der Waals surface area contributed by atoms with Gasteiger partial charge in [-0.2, -0.15) is 0 Å². The molecule has 1 aliphatic heterocycles. The fourth-order valence-corrected chi connectivity index (χ4v) is 3.02. The lowest BCUT2D eigenvalue weighted by Crippen LogP contribution is -2.47. The highest BCUT2D eigenvalue weighted by molar-refractivity contribution is 9.10. The molecule has 1 aromatic carbocycles. The number of carbonyl (C=O) groups excluding carboxylic acids is 1. The van der Waals surface area contributed by atoms with Crippen molar-refractivity contribution < 1.29 is 4.79 Å². The molecule has 1 aliphatic rings. The van der Waals surface area contributed by atoms with Crippen LogP contribution in [0.4, 0.5) is 0 Å². The number of hydrogen-bond donors (Lipinski definition) is 1. The van der Waals surface area contributed by atoms with Crippen molar-refractivity contribution in [3.05, 3.63) is 34.3 Å². The molecule has 4 nitrogen and oxygen atoms in total. The van der Waals surface area contributed by atoms with Crippen LogP contribution in [0.15, 0.2) is 28.7 Å². The summed E-state index contributed by atoms with van der Waals surface area (Å²) in [7, 11) is 0. The van der Waals surface area contributed by atoms with Crippen LogP contribution in [0.25, 0.3) is 0 Å². The second-order valence-corrected chi connectivity index (χ2v) is 6.30. The molecule has 0 aliphatic carbocycles. The summed E-state index contributed by atoms with van der Waals surface area (Å²) >= 11 is 3.50. The lowest BCUT2D eigenvalue weighted by Gasteiger charge is -2.28. The molecule has 0 atom stereocenters. The summed E-state index contributed by atoms with van der Waals surface area (Å²) in [5.41, 5.74) is 1.28. The zero-order valence-electron chi connectivity index (χ0n) is 13.1. The predicted molar refractivity (Wildman–Crippen MR) is 96.4 cm³/mol. The first-order chi connectivity index (χ1) is 10.2. The van der Waals surface area contributed by atoms with Crippen LogP contribution in [0.1, 0.15) is 18.9 Å². The smallest absolute Gasteiger partial charge is 0.223 e. The highest BCUT2D eigenvalue weighted by atomic mass is 79.9. The molecule has 1 N–H and O–H groups in total. The molecule has 0 radical (unpaired) electrons. The second kappa shape index (κ2) is 10.2. The fourth-order valence-electron chi connectivity index (χ4n) is 2.57. The molecular formula is C16H25BrClN3O. The summed E-state index contributed by atoms with van der Waals surface area (Å²) in [5, 5.41) is 3.27. The van der Waals surface area contributed by atoms with E-state index in [-0.39, 0.29) is 18.3 Å². The van der Waals surface area contributed by atoms with E-state index in [9.17, 15) is 4.79 Å². The summed E-state index contributed by atoms with van der Waals surface area (Å²) in [6.07, 6.45) is 0.613. The Morgan fingerprint density at radius 2 is 2.09 bits per heavy atom. The number of rotatable bonds is 6. The summed E-state index contributed by atoms with van der Waals surface area (Å²) in [6.45, 7) is 8.35. The minimum Gasteiger partial charge on any atom is -0.340 e. The Labute approximate surface area is 147 Å². The molecule has 2 rings (SSSR count). The number of amides is 1. The molecule has 124 valence electrons. The largest absolute Gasteiger partial charge is 0.340 e. The zero-order chi connectivity index (χ0) is 15.1. The summed E-state index contributed by atoms with van der Waals surface area (Å²) in [6, 6.07) is 8.36. The van der Waals surface area contributed by atoms with E-state index in [0.29, 0.717) is 6.42 Å². The van der Waals surface area contributed by atoms with Gasteiger partial charge in [0.25, 0.3) is 0 Å². The van der Waals surface area contributed by atoms with Crippen molar-refractivity contribution in [2.24, 2.45) is 0 Å². The van der Waals surface area contributed by atoms with Crippen molar-refractivity contribution in [1.29, 1.82) is 0 Å². The third-order valence-corrected chi connectivity index (χ3v) is 4.35. The molecule has 0 spiro atoms. The van der Waals surface area contributed by atoms with Crippen molar-refractivity contribution in [3.8, 4) is 0 Å². The van der Waals surface area contributed by atoms with E-state index in [0.717, 1.165) is 50.3 Å². The van der Waals surface area contributed by atoms with E-state index in [1.807, 2.05) is 11.0 Å². The monoisotopic (exact) mass is 389 g/mol. The maximum absolute atomic E-state index is 12.2. The van der Waals surface area contributed by atoms with Crippen LogP contribution in [-0.2, 0) is 11.3 Å². The number of benzene rings is 1. The van der Waals surface area contributed by atoms with Gasteiger partial charge in [0, 0.05) is 50.2 Å². The van der Waals surface area contributed by atoms with Gasteiger partial charge in [-0.25, -0.2) is 0 Å². The lowest BCUT2D eigenvalue weighted by atomic mass is 10.2. The van der Waals surface area contributed by atoms with Crippen LogP contribution in [0.5, 0.6) is 0 Å². The first kappa shape index (κ1) is 19.4. The third kappa shape index (κ3) is 6.24. The molecule has 1 saturated heterocycles. The molecule has 0 bridgehead atoms. The molecule has 22 heavy (non-hydrogen) atoms. The van der Waals surface area contributed by atoms with Crippen LogP contribution in [0, 0.1) is 0 Å². The molecule has 6 heteroatoms. The molecule has 1 fully saturated rings. The standard InChI is InChI=1S/C16H24BrN3O.ClH/c1-2-19(13-14-4-3-5-15(17)12-14)9-6-16(21)20-10-7-18-8-11-20;/h3-5,12,18H,2,6-11,13H2,1H3;1H. The normalized spacial score (nSPS) is 14.8. The first-order valence-electron chi connectivity index (χ1n) is 7.64. The van der Waals surface area contributed by atoms with E-state index in [1.54, 1.807) is 0 Å². The number of nitrogens with zero attached hydrogens (tertiary/aromatic N) is 2. The van der Waals surface area contributed by atoms with Crippen LogP contribution < -0.4 is 5.32 Å². The number of halogens is 2. The minimum absolute atomic E-state index is 0. The Balaban J connectivity index is 0.00000242. The topological polar surface area (TPSA) is 35.6 Å². The van der Waals surface area contributed by atoms with E-state index < -0.39 is 0 Å². The van der Waals surface area contributed by atoms with Crippen LogP contribution >= 0.6 is 28.3 Å². The fraction of sp³-hybridized carbons (Fsp3) is 0.562. The van der Waals surface area contributed by atoms with Crippen molar-refractivity contribution in [1.82, 2.24) is 15.1 Å². The van der Waals surface area contributed by atoms with Crippen molar-refractivity contribution in [2.75, 3.05) is 39.3 Å². The third-order valence-electron chi connectivity index (χ3n) is 3.85. The number of hydrogen-bond acceptors (Lipinski definition) is 3. The second-order valence-electron chi connectivity index (χ2n) is 5.38. The molecule has 1 amide bonds. The lowest BCUT2D eigenvalue weighted by molar-refractivity contribution is -0.132. The van der Waals surface area contributed by atoms with Gasteiger partial charge in [-0.15, -0.1) is 12.4 Å². The van der Waals surface area contributed by atoms with Gasteiger partial charge in [-0.1, -0.05) is 35.0 Å². The van der Waals surface area contributed by atoms with Gasteiger partial charge >= 0.3 is 0 Å². The van der Waals surface area contributed by atoms with E-state index in [2.05, 4.69) is 51.3 Å². The molecule has 1 aromatic rings. The molecule has 0 saturated carbocycles. The summed E-state index contributed by atoms with van der Waals surface area (Å²) in [4.78, 5) is 16.5. The quantitative estimate of drug-likeness (QED) is 0.811. The number of nitrogens with one attached hydrogen (secondary N) is 1. The van der Waals surface area contributed by atoms with Gasteiger partial charge in [0.15, 0.2) is 0 Å². The summed E-state index contributed by atoms with van der Waals surface area (Å²) in [5.74, 6) is 0.282. The van der Waals surface area contributed by atoms with Crippen LogP contribution in [-0.4, -0.2) is 55.0 Å². The maximum Gasteiger partial charge on any atom is 0.223 e. The van der Waals surface area contributed by atoms with Crippen molar-refractivity contribution >= 4 is 34.2 Å². The maximum atomic E-state index is 12.2. The van der Waals surface area contributed by atoms with Crippen molar-refractivity contribution in [3.63, 3.8) is 0 Å². The minimum atomic E-state index is 0. The average Bonchev–Trinajstić information content (AvgIpc) is 2.52. The molecule has 0 aromatic heterocycles. The van der Waals surface area contributed by atoms with E-state index in [4.69, 9.17) is 0 Å². The van der Waals surface area contributed by atoms with Gasteiger partial charge in [0.1, 0.15) is 0 Å². The molecule has 0 unspecified atom stereocenters. The average molecular weight is 391 g/mol. The number of carbonyl (C=O) groups is 1. The Morgan fingerprint density at radius 3 is 2.73 bits per heavy atom. The number of piperazine rings is 1. The van der Waals surface area contributed by atoms with Gasteiger partial charge in [-0.3, -0.25) is 9.69 Å². The Hall–Kier alpha value is -0.620. The van der Waals surface area contributed by atoms with Gasteiger partial charge < -0.3 is 10.2 Å². The van der Waals surface area contributed by atoms with Gasteiger partial charge in [-0.05, 0) is 24.2 Å². The first-order valence-corrected chi connectivity index (χ1v) is 8.43. The van der Waals surface area contributed by atoms with Crippen molar-refractivity contribution in [2.45, 2.75) is 19.9 Å².